The standard InChI is InChI=1S/C9H9Cl2N3S.C9H12N.Au.2ClH/c1-5(13-14-9(12)15)6-2-3-7(10)8(11)4-6;1-10(2)8-9-6-4-3-5-7-9;;;/h2-4H,1H3,(H3,12,14,15);3-6H,8H2,1-2H3;;2*1H/q;-1;+1;;/p-2/b13-5+;;;;. The topological polar surface area (TPSA) is 54.0 Å². The summed E-state index contributed by atoms with van der Waals surface area (Å²) in [5.41, 5.74) is 7.92. The van der Waals surface area contributed by atoms with E-state index in [4.69, 9.17) is 28.9 Å². The molecule has 10 heteroatoms. The second-order valence-corrected chi connectivity index (χ2v) is 6.61. The summed E-state index contributed by atoms with van der Waals surface area (Å²) >= 11 is 17.9. The van der Waals surface area contributed by atoms with Gasteiger partial charge in [0.05, 0.1) is 15.8 Å². The van der Waals surface area contributed by atoms with E-state index in [-0.39, 0.29) is 17.6 Å². The van der Waals surface area contributed by atoms with Crippen LogP contribution in [-0.2, 0) is 39.2 Å². The number of nitrogens with two attached hydrogens (primary N) is 1. The van der Waals surface area contributed by atoms with Crippen molar-refractivity contribution in [3.05, 3.63) is 69.7 Å². The van der Waals surface area contributed by atoms with Crippen molar-refractivity contribution in [2.24, 2.45) is 15.9 Å². The first kappa shape index (κ1) is 29.9. The minimum atomic E-state index is -0.00518. The average molecular weight is 664 g/mol. The Kier molecular flexibility index (Phi) is 18.7. The number of hydrogen-bond donors (Lipinski definition) is 1. The summed E-state index contributed by atoms with van der Waals surface area (Å²) in [6.07, 6.45) is 0. The predicted molar refractivity (Wildman–Crippen MR) is 123 cm³/mol. The molecule has 0 unspecified atom stereocenters. The van der Waals surface area contributed by atoms with Crippen molar-refractivity contribution in [3.8, 4) is 0 Å². The number of rotatable bonds is 4. The Morgan fingerprint density at radius 1 is 1.14 bits per heavy atom. The van der Waals surface area contributed by atoms with Crippen LogP contribution in [0.4, 0.5) is 0 Å². The molecule has 2 N–H and O–H groups in total. The van der Waals surface area contributed by atoms with Gasteiger partial charge in [-0.1, -0.05) is 29.3 Å². The van der Waals surface area contributed by atoms with E-state index in [0.29, 0.717) is 15.8 Å². The quantitative estimate of drug-likeness (QED) is 0.122. The third kappa shape index (κ3) is 13.8. The number of amidine groups is 1. The average Bonchev–Trinajstić information content (AvgIpc) is 2.64. The van der Waals surface area contributed by atoms with Gasteiger partial charge in [0.1, 0.15) is 0 Å². The summed E-state index contributed by atoms with van der Waals surface area (Å²) in [5.74, 6) is 0. The van der Waals surface area contributed by atoms with Crippen LogP contribution >= 0.6 is 44.8 Å². The summed E-state index contributed by atoms with van der Waals surface area (Å²) in [6, 6.07) is 16.4. The summed E-state index contributed by atoms with van der Waals surface area (Å²) in [6.45, 7) is 2.75. The molecule has 28 heavy (non-hydrogen) atoms. The van der Waals surface area contributed by atoms with Crippen LogP contribution in [0.1, 0.15) is 18.1 Å². The van der Waals surface area contributed by atoms with Gasteiger partial charge < -0.3 is 23.3 Å². The van der Waals surface area contributed by atoms with Gasteiger partial charge in [0.15, 0.2) is 0 Å². The molecule has 0 atom stereocenters. The fraction of sp³-hybridized carbons (Fsp3) is 0.222. The van der Waals surface area contributed by atoms with Crippen LogP contribution in [0.15, 0.2) is 52.7 Å². The molecule has 4 nitrogen and oxygen atoms in total. The van der Waals surface area contributed by atoms with Crippen molar-refractivity contribution in [2.45, 2.75) is 13.5 Å². The van der Waals surface area contributed by atoms with Gasteiger partial charge >= 0.3 is 29.2 Å². The predicted octanol–water partition coefficient (Wildman–Crippen LogP) is 5.24. The van der Waals surface area contributed by atoms with E-state index in [9.17, 15) is 0 Å². The van der Waals surface area contributed by atoms with Crippen LogP contribution in [0, 0.1) is 6.07 Å². The van der Waals surface area contributed by atoms with Crippen LogP contribution in [0.25, 0.3) is 0 Å². The zero-order valence-corrected chi connectivity index (χ0v) is 21.5. The van der Waals surface area contributed by atoms with Gasteiger partial charge in [0.25, 0.3) is 0 Å². The summed E-state index contributed by atoms with van der Waals surface area (Å²) < 4.78 is 0. The van der Waals surface area contributed by atoms with Crippen LogP contribution < -0.4 is 5.73 Å². The zero-order chi connectivity index (χ0) is 20.8. The first-order chi connectivity index (χ1) is 12.8. The first-order valence-electron chi connectivity index (χ1n) is 7.51. The van der Waals surface area contributed by atoms with Gasteiger partial charge in [-0.3, -0.25) is 0 Å². The molecule has 0 fully saturated rings. The summed E-state index contributed by atoms with van der Waals surface area (Å²) in [4.78, 5) is 2.13. The van der Waals surface area contributed by atoms with Crippen LogP contribution in [0.3, 0.4) is 0 Å². The Hall–Kier alpha value is -0.340. The van der Waals surface area contributed by atoms with E-state index in [0.717, 1.165) is 12.1 Å². The summed E-state index contributed by atoms with van der Waals surface area (Å²) in [7, 11) is 8.70. The van der Waals surface area contributed by atoms with Crippen molar-refractivity contribution in [1.29, 1.82) is 0 Å². The van der Waals surface area contributed by atoms with Crippen LogP contribution in [0.5, 0.6) is 0 Å². The van der Waals surface area contributed by atoms with Gasteiger partial charge in [-0.15, -0.1) is 18.0 Å². The zero-order valence-electron chi connectivity index (χ0n) is 15.4. The molecule has 0 amide bonds. The van der Waals surface area contributed by atoms with E-state index in [1.807, 2.05) is 18.2 Å². The molecule has 0 bridgehead atoms. The number of nitrogens with zero attached hydrogens (tertiary/aromatic N) is 3. The number of benzene rings is 2. The maximum absolute atomic E-state index is 5.85. The third-order valence-corrected chi connectivity index (χ3v) is 3.72. The van der Waals surface area contributed by atoms with E-state index in [2.05, 4.69) is 63.1 Å². The molecule has 0 aliphatic rings. The molecule has 2 aromatic carbocycles. The van der Waals surface area contributed by atoms with E-state index in [1.165, 1.54) is 5.56 Å². The van der Waals surface area contributed by atoms with E-state index >= 15 is 0 Å². The van der Waals surface area contributed by atoms with Crippen molar-refractivity contribution in [3.63, 3.8) is 0 Å². The SMILES string of the molecule is C/C(=N\N=C(\N)[S-])c1ccc(Cl)c(Cl)c1.CN(C)Cc1[c-]cccc1.Cl.[Cl][Au]. The van der Waals surface area contributed by atoms with Gasteiger partial charge in [0.2, 0.25) is 0 Å². The van der Waals surface area contributed by atoms with Crippen molar-refractivity contribution >= 4 is 68.3 Å². The number of halogens is 4. The summed E-state index contributed by atoms with van der Waals surface area (Å²) in [5, 5.41) is 8.38. The monoisotopic (exact) mass is 662 g/mol. The fourth-order valence-corrected chi connectivity index (χ4v) is 2.11. The second kappa shape index (κ2) is 17.5. The molecule has 0 heterocycles. The Morgan fingerprint density at radius 2 is 1.79 bits per heavy atom. The van der Waals surface area contributed by atoms with Gasteiger partial charge in [-0.2, -0.15) is 40.5 Å². The Bertz CT molecular complexity index is 740. The maximum atomic E-state index is 5.85. The molecule has 0 spiro atoms. The van der Waals surface area contributed by atoms with E-state index < -0.39 is 0 Å². The number of hydrogen-bond acceptors (Lipinski definition) is 4. The second-order valence-electron chi connectivity index (χ2n) is 5.38. The Morgan fingerprint density at radius 3 is 2.25 bits per heavy atom. The minimum absolute atomic E-state index is 0. The van der Waals surface area contributed by atoms with Gasteiger partial charge in [-0.25, -0.2) is 0 Å². The Labute approximate surface area is 205 Å². The molecule has 0 radical (unpaired) electrons. The van der Waals surface area contributed by atoms with E-state index in [1.54, 1.807) is 45.1 Å². The molecule has 0 aliphatic heterocycles. The first-order valence-corrected chi connectivity index (χ1v) is 11.4. The molecule has 0 saturated heterocycles. The van der Waals surface area contributed by atoms with Gasteiger partial charge in [0, 0.05) is 6.54 Å². The normalized spacial score (nSPS) is 10.9. The van der Waals surface area contributed by atoms with Crippen molar-refractivity contribution in [2.75, 3.05) is 14.1 Å². The molecule has 2 rings (SSSR count). The molecule has 0 saturated carbocycles. The molecule has 0 aromatic heterocycles. The Balaban J connectivity index is 0. The molecular formula is C18H21AuCl4N4S-2. The fourth-order valence-electron chi connectivity index (χ4n) is 1.77. The van der Waals surface area contributed by atoms with Crippen molar-refractivity contribution < 1.29 is 20.0 Å². The van der Waals surface area contributed by atoms with Crippen LogP contribution in [0.2, 0.25) is 10.0 Å². The van der Waals surface area contributed by atoms with Crippen LogP contribution in [-0.4, -0.2) is 29.9 Å². The molecule has 160 valence electrons. The van der Waals surface area contributed by atoms with Gasteiger partial charge in [-0.05, 0) is 43.9 Å². The molecular weight excluding hydrogens is 643 g/mol. The third-order valence-electron chi connectivity index (χ3n) is 2.90. The van der Waals surface area contributed by atoms with Crippen molar-refractivity contribution in [1.82, 2.24) is 4.90 Å². The molecule has 0 aliphatic carbocycles. The molecule has 2 aromatic rings.